The Labute approximate surface area is 238 Å². The lowest BCUT2D eigenvalue weighted by atomic mass is 10.1. The summed E-state index contributed by atoms with van der Waals surface area (Å²) in [7, 11) is -2.70. The normalized spacial score (nSPS) is 11.5. The minimum absolute atomic E-state index is 0.0595. The van der Waals surface area contributed by atoms with Gasteiger partial charge in [-0.25, -0.2) is 18.2 Å². The predicted molar refractivity (Wildman–Crippen MR) is 149 cm³/mol. The molecule has 3 aromatic heterocycles. The largest absolute Gasteiger partial charge is 0.497 e. The number of methoxy groups -OCH3 is 1. The summed E-state index contributed by atoms with van der Waals surface area (Å²) >= 11 is 0. The van der Waals surface area contributed by atoms with Crippen molar-refractivity contribution in [3.63, 3.8) is 0 Å². The van der Waals surface area contributed by atoms with Crippen molar-refractivity contribution in [2.45, 2.75) is 9.92 Å². The summed E-state index contributed by atoms with van der Waals surface area (Å²) in [5, 5.41) is 16.4. The molecule has 0 bridgehead atoms. The van der Waals surface area contributed by atoms with Crippen LogP contribution in [-0.4, -0.2) is 49.8 Å². The molecule has 0 saturated heterocycles. The van der Waals surface area contributed by atoms with E-state index in [0.717, 1.165) is 27.4 Å². The third-order valence-corrected chi connectivity index (χ3v) is 8.20. The summed E-state index contributed by atoms with van der Waals surface area (Å²) in [6.45, 7) is -0.600. The molecule has 12 nitrogen and oxygen atoms in total. The van der Waals surface area contributed by atoms with E-state index in [4.69, 9.17) is 14.2 Å². The predicted octanol–water partition coefficient (Wildman–Crippen LogP) is 4.08. The SMILES string of the molecule is COc1ccc(-c2nc(C(=O)OCCOc3no[n+]([O-])c3S(=O)(=O)c3ccccc3)cc3c2[nH]c2ccccc23)cc1. The van der Waals surface area contributed by atoms with Crippen molar-refractivity contribution in [2.75, 3.05) is 20.3 Å². The second-order valence-electron chi connectivity index (χ2n) is 9.02. The van der Waals surface area contributed by atoms with E-state index in [1.807, 2.05) is 36.4 Å². The van der Waals surface area contributed by atoms with E-state index < -0.39 is 26.7 Å². The number of hydrogen-bond donors (Lipinski definition) is 1. The van der Waals surface area contributed by atoms with Gasteiger partial charge < -0.3 is 24.4 Å². The average molecular weight is 587 g/mol. The number of nitrogens with one attached hydrogen (secondary N) is 1. The molecule has 0 unspecified atom stereocenters. The van der Waals surface area contributed by atoms with Crippen molar-refractivity contribution in [3.8, 4) is 22.9 Å². The fourth-order valence-corrected chi connectivity index (χ4v) is 5.79. The van der Waals surface area contributed by atoms with Crippen LogP contribution in [0.3, 0.4) is 0 Å². The summed E-state index contributed by atoms with van der Waals surface area (Å²) in [4.78, 5) is 20.7. The lowest BCUT2D eigenvalue weighted by Crippen LogP contribution is -2.31. The molecule has 0 spiro atoms. The van der Waals surface area contributed by atoms with Gasteiger partial charge in [0.1, 0.15) is 24.7 Å². The highest BCUT2D eigenvalue weighted by atomic mass is 32.2. The lowest BCUT2D eigenvalue weighted by Gasteiger charge is -2.09. The molecule has 6 rings (SSSR count). The van der Waals surface area contributed by atoms with Gasteiger partial charge in [0.05, 0.1) is 28.4 Å². The molecular weight excluding hydrogens is 564 g/mol. The first-order valence-electron chi connectivity index (χ1n) is 12.6. The number of aromatic nitrogens is 4. The second-order valence-corrected chi connectivity index (χ2v) is 10.9. The van der Waals surface area contributed by atoms with Gasteiger partial charge in [0, 0.05) is 21.9 Å². The maximum Gasteiger partial charge on any atom is 0.415 e. The Morgan fingerprint density at radius 1 is 0.976 bits per heavy atom. The highest BCUT2D eigenvalue weighted by Gasteiger charge is 2.35. The zero-order chi connectivity index (χ0) is 29.3. The summed E-state index contributed by atoms with van der Waals surface area (Å²) in [6, 6.07) is 23.9. The van der Waals surface area contributed by atoms with Gasteiger partial charge in [-0.3, -0.25) is 4.63 Å². The lowest BCUT2D eigenvalue weighted by molar-refractivity contribution is -0.832. The van der Waals surface area contributed by atoms with Gasteiger partial charge in [0.15, 0.2) is 0 Å². The summed E-state index contributed by atoms with van der Waals surface area (Å²) in [5.41, 5.74) is 3.00. The van der Waals surface area contributed by atoms with E-state index in [2.05, 4.69) is 19.8 Å². The number of rotatable bonds is 9. The summed E-state index contributed by atoms with van der Waals surface area (Å²) in [6.07, 6.45) is 0. The van der Waals surface area contributed by atoms with Crippen LogP contribution in [0.2, 0.25) is 0 Å². The smallest absolute Gasteiger partial charge is 0.415 e. The minimum Gasteiger partial charge on any atom is -0.497 e. The highest BCUT2D eigenvalue weighted by Crippen LogP contribution is 2.33. The first kappa shape index (κ1) is 26.8. The van der Waals surface area contributed by atoms with Crippen LogP contribution in [0.4, 0.5) is 0 Å². The third-order valence-electron chi connectivity index (χ3n) is 6.48. The van der Waals surface area contributed by atoms with E-state index >= 15 is 0 Å². The monoisotopic (exact) mass is 586 g/mol. The number of sulfone groups is 1. The first-order chi connectivity index (χ1) is 20.4. The van der Waals surface area contributed by atoms with E-state index in [9.17, 15) is 18.4 Å². The van der Waals surface area contributed by atoms with E-state index in [0.29, 0.717) is 11.4 Å². The van der Waals surface area contributed by atoms with E-state index in [1.165, 1.54) is 24.3 Å². The highest BCUT2D eigenvalue weighted by molar-refractivity contribution is 7.91. The average Bonchev–Trinajstić information content (AvgIpc) is 3.59. The van der Waals surface area contributed by atoms with Crippen molar-refractivity contribution >= 4 is 37.6 Å². The molecule has 1 N–H and O–H groups in total. The number of ether oxygens (including phenoxy) is 3. The number of esters is 1. The molecule has 0 radical (unpaired) electrons. The zero-order valence-corrected chi connectivity index (χ0v) is 22.8. The molecule has 6 aromatic rings. The molecule has 0 aliphatic rings. The summed E-state index contributed by atoms with van der Waals surface area (Å²) in [5.74, 6) is -0.599. The maximum atomic E-state index is 13.1. The fourth-order valence-electron chi connectivity index (χ4n) is 4.50. The zero-order valence-electron chi connectivity index (χ0n) is 22.0. The number of nitrogens with zero attached hydrogens (tertiary/aromatic N) is 3. The number of fused-ring (bicyclic) bond motifs is 3. The Morgan fingerprint density at radius 3 is 2.48 bits per heavy atom. The van der Waals surface area contributed by atoms with E-state index in [1.54, 1.807) is 31.4 Å². The Balaban J connectivity index is 1.23. The molecule has 3 aromatic carbocycles. The Bertz CT molecular complexity index is 2020. The summed E-state index contributed by atoms with van der Waals surface area (Å²) < 4.78 is 46.3. The number of H-pyrrole nitrogens is 1. The van der Waals surface area contributed by atoms with Crippen LogP contribution in [0.1, 0.15) is 10.5 Å². The van der Waals surface area contributed by atoms with Gasteiger partial charge >= 0.3 is 16.9 Å². The Morgan fingerprint density at radius 2 is 1.71 bits per heavy atom. The fraction of sp³-hybridized carbons (Fsp3) is 0.103. The van der Waals surface area contributed by atoms with Gasteiger partial charge in [0.2, 0.25) is 0 Å². The molecule has 0 amide bonds. The Hall–Kier alpha value is -5.43. The molecule has 212 valence electrons. The number of pyridine rings is 1. The molecule has 0 saturated carbocycles. The maximum absolute atomic E-state index is 13.1. The van der Waals surface area contributed by atoms with Crippen molar-refractivity contribution in [1.82, 2.24) is 15.1 Å². The van der Waals surface area contributed by atoms with Gasteiger partial charge in [-0.1, -0.05) is 36.4 Å². The van der Waals surface area contributed by atoms with Crippen molar-refractivity contribution in [3.05, 3.63) is 95.8 Å². The van der Waals surface area contributed by atoms with Crippen LogP contribution < -0.4 is 14.4 Å². The van der Waals surface area contributed by atoms with Gasteiger partial charge in [-0.2, -0.15) is 0 Å². The molecular formula is C29H22N4O8S. The van der Waals surface area contributed by atoms with Crippen molar-refractivity contribution in [2.24, 2.45) is 0 Å². The molecule has 0 aliphatic heterocycles. The quantitative estimate of drug-likeness (QED) is 0.148. The van der Waals surface area contributed by atoms with Crippen LogP contribution >= 0.6 is 0 Å². The first-order valence-corrected chi connectivity index (χ1v) is 14.1. The minimum atomic E-state index is -4.28. The standard InChI is InChI=1S/C29H22N4O8S/c1-38-19-13-11-18(12-14-19)25-26-22(21-9-5-6-10-23(21)30-26)17-24(31-25)29(34)40-16-15-39-27-28(33(35)41-32-27)42(36,37)20-7-3-2-4-8-20/h2-14,17,30H,15-16H2,1H3. The van der Waals surface area contributed by atoms with Gasteiger partial charge in [0.25, 0.3) is 9.84 Å². The number of carbonyl (C=O) groups is 1. The van der Waals surface area contributed by atoms with Gasteiger partial charge in [-0.05, 0) is 53.4 Å². The number of para-hydroxylation sites is 1. The number of carbonyl (C=O) groups excluding carboxylic acids is 1. The van der Waals surface area contributed by atoms with E-state index in [-0.39, 0.29) is 28.7 Å². The van der Waals surface area contributed by atoms with Crippen LogP contribution in [0.25, 0.3) is 33.1 Å². The van der Waals surface area contributed by atoms with Crippen LogP contribution in [0.5, 0.6) is 11.6 Å². The number of aromatic amines is 1. The third kappa shape index (κ3) is 4.86. The molecule has 0 atom stereocenters. The van der Waals surface area contributed by atoms with Crippen LogP contribution in [0.15, 0.2) is 99.5 Å². The molecule has 42 heavy (non-hydrogen) atoms. The number of benzene rings is 3. The topological polar surface area (TPSA) is 161 Å². The Kier molecular flexibility index (Phi) is 6.92. The molecule has 3 heterocycles. The van der Waals surface area contributed by atoms with Crippen LogP contribution in [0, 0.1) is 5.21 Å². The van der Waals surface area contributed by atoms with Gasteiger partial charge in [-0.15, -0.1) is 0 Å². The number of hydrogen-bond acceptors (Lipinski definition) is 10. The molecule has 13 heteroatoms. The van der Waals surface area contributed by atoms with Crippen molar-refractivity contribution in [1.29, 1.82) is 0 Å². The van der Waals surface area contributed by atoms with Crippen molar-refractivity contribution < 1.29 is 37.0 Å². The second kappa shape index (κ2) is 10.9. The molecule has 0 aliphatic carbocycles. The molecule has 0 fully saturated rings. The van der Waals surface area contributed by atoms with Crippen LogP contribution in [-0.2, 0) is 14.6 Å².